The maximum absolute atomic E-state index is 13.5. The fourth-order valence-electron chi connectivity index (χ4n) is 6.06. The van der Waals surface area contributed by atoms with Crippen molar-refractivity contribution in [2.45, 2.75) is 19.1 Å². The van der Waals surface area contributed by atoms with E-state index in [2.05, 4.69) is 11.0 Å². The zero-order valence-electron chi connectivity index (χ0n) is 22.8. The van der Waals surface area contributed by atoms with E-state index in [-0.39, 0.29) is 37.8 Å². The minimum absolute atomic E-state index is 0.0185. The van der Waals surface area contributed by atoms with E-state index in [4.69, 9.17) is 21.7 Å². The lowest BCUT2D eigenvalue weighted by molar-refractivity contribution is -0.145. The van der Waals surface area contributed by atoms with Gasteiger partial charge >= 0.3 is 5.97 Å². The normalized spacial score (nSPS) is 15.7. The molecule has 2 aromatic heterocycles. The molecule has 10 heteroatoms. The maximum atomic E-state index is 13.5. The Bertz CT molecular complexity index is 1870. The lowest BCUT2D eigenvalue weighted by atomic mass is 9.96. The van der Waals surface area contributed by atoms with Gasteiger partial charge in [-0.05, 0) is 66.1 Å². The lowest BCUT2D eigenvalue weighted by Crippen LogP contribution is -2.51. The van der Waals surface area contributed by atoms with Crippen LogP contribution in [0, 0.1) is 3.82 Å². The third-order valence-corrected chi connectivity index (χ3v) is 10.8. The largest absolute Gasteiger partial charge is 0.490 e. The number of anilines is 1. The monoisotopic (exact) mass is 613 g/mol. The van der Waals surface area contributed by atoms with Crippen LogP contribution in [0.3, 0.4) is 0 Å². The molecular weight excluding hydrogens is 587 g/mol. The smallest absolute Gasteiger partial charge is 0.326 e. The molecule has 0 saturated heterocycles. The summed E-state index contributed by atoms with van der Waals surface area (Å²) in [5, 5.41) is 1.11. The van der Waals surface area contributed by atoms with E-state index in [0.717, 1.165) is 43.0 Å². The molecule has 4 heterocycles. The fraction of sp³-hybridized carbons (Fsp3) is 0.219. The van der Waals surface area contributed by atoms with Gasteiger partial charge in [0.2, 0.25) is 0 Å². The molecule has 1 unspecified atom stereocenters. The van der Waals surface area contributed by atoms with Gasteiger partial charge in [-0.1, -0.05) is 63.2 Å². The predicted octanol–water partition coefficient (Wildman–Crippen LogP) is 6.93. The van der Waals surface area contributed by atoms with Gasteiger partial charge in [0.25, 0.3) is 5.91 Å². The van der Waals surface area contributed by atoms with Crippen LogP contribution in [0.4, 0.5) is 5.69 Å². The molecule has 5 aromatic rings. The molecule has 1 amide bonds. The van der Waals surface area contributed by atoms with Crippen LogP contribution >= 0.6 is 32.9 Å². The number of hydrogen-bond donors (Lipinski definition) is 0. The zero-order chi connectivity index (χ0) is 28.8. The van der Waals surface area contributed by atoms with E-state index in [1.165, 1.54) is 5.56 Å². The summed E-state index contributed by atoms with van der Waals surface area (Å²) in [6.45, 7) is 1.05. The van der Waals surface area contributed by atoms with Crippen molar-refractivity contribution in [3.63, 3.8) is 0 Å². The first-order chi connectivity index (χ1) is 20.5. The van der Waals surface area contributed by atoms with E-state index in [0.29, 0.717) is 17.9 Å². The summed E-state index contributed by atoms with van der Waals surface area (Å²) in [5.41, 5.74) is 5.80. The van der Waals surface area contributed by atoms with Crippen molar-refractivity contribution >= 4 is 61.4 Å². The van der Waals surface area contributed by atoms with Crippen LogP contribution in [-0.2, 0) is 22.5 Å². The van der Waals surface area contributed by atoms with Crippen molar-refractivity contribution in [2.75, 3.05) is 31.7 Å². The Morgan fingerprint density at radius 3 is 2.60 bits per heavy atom. The number of hydrogen-bond acceptors (Lipinski definition) is 8. The Balaban J connectivity index is 1.07. The molecule has 0 saturated carbocycles. The molecule has 0 fully saturated rings. The number of amides is 1. The number of esters is 1. The number of ether oxygens (including phenoxy) is 2. The Morgan fingerprint density at radius 1 is 1.00 bits per heavy atom. The number of nitrogens with zero attached hydrogens (tertiary/aromatic N) is 3. The van der Waals surface area contributed by atoms with Crippen LogP contribution in [-0.4, -0.2) is 48.1 Å². The minimum atomic E-state index is -0.349. The number of aromatic nitrogens is 1. The highest BCUT2D eigenvalue weighted by Gasteiger charge is 2.42. The molecule has 0 bridgehead atoms. The molecule has 0 radical (unpaired) electrons. The molecular formula is C32H27N3O4S3. The summed E-state index contributed by atoms with van der Waals surface area (Å²) in [6.07, 6.45) is 0.416. The van der Waals surface area contributed by atoms with Gasteiger partial charge in [0, 0.05) is 29.4 Å². The van der Waals surface area contributed by atoms with Crippen molar-refractivity contribution in [1.82, 2.24) is 9.47 Å². The standard InChI is InChI=1S/C32H27N3O4S3/c1-33-25-8-4-3-7-24(25)32(37)34-15-14-23-22-6-2-5-9-26(22)35(30(23)31(33)34)19-28(36)39-17-16-38-21-12-10-20(11-13-21)27-18-29(40)42-41-27/h2-13,18,31H,14-17,19H2,1H3. The van der Waals surface area contributed by atoms with Crippen LogP contribution in [0.25, 0.3) is 21.3 Å². The van der Waals surface area contributed by atoms with Gasteiger partial charge in [0.05, 0.1) is 16.9 Å². The van der Waals surface area contributed by atoms with E-state index in [1.54, 1.807) is 20.7 Å². The molecule has 212 valence electrons. The van der Waals surface area contributed by atoms with Gasteiger partial charge < -0.3 is 23.8 Å². The van der Waals surface area contributed by atoms with Crippen molar-refractivity contribution in [1.29, 1.82) is 0 Å². The van der Waals surface area contributed by atoms with Crippen LogP contribution < -0.4 is 9.64 Å². The Hall–Kier alpha value is -3.99. The first-order valence-corrected chi connectivity index (χ1v) is 16.3. The Labute approximate surface area is 255 Å². The van der Waals surface area contributed by atoms with Gasteiger partial charge in [-0.15, -0.1) is 0 Å². The van der Waals surface area contributed by atoms with Crippen molar-refractivity contribution in [3.05, 3.63) is 99.5 Å². The van der Waals surface area contributed by atoms with Crippen LogP contribution in [0.1, 0.15) is 27.8 Å². The van der Waals surface area contributed by atoms with Crippen molar-refractivity contribution < 1.29 is 19.1 Å². The van der Waals surface area contributed by atoms with E-state index in [9.17, 15) is 9.59 Å². The molecule has 0 aliphatic carbocycles. The first-order valence-electron chi connectivity index (χ1n) is 13.7. The maximum Gasteiger partial charge on any atom is 0.326 e. The van der Waals surface area contributed by atoms with E-state index >= 15 is 0 Å². The molecule has 7 nitrogen and oxygen atoms in total. The summed E-state index contributed by atoms with van der Waals surface area (Å²) < 4.78 is 14.4. The van der Waals surface area contributed by atoms with E-state index < -0.39 is 0 Å². The van der Waals surface area contributed by atoms with Gasteiger partial charge in [-0.25, -0.2) is 0 Å². The third-order valence-electron chi connectivity index (χ3n) is 7.91. The highest BCUT2D eigenvalue weighted by Crippen LogP contribution is 2.44. The SMILES string of the molecule is CN1c2ccccc2C(=O)N2CCc3c(n(CC(=O)OCCOc4ccc(-c5cc(=S)ss5)cc4)c4ccccc34)C21. The third kappa shape index (κ3) is 4.69. The Morgan fingerprint density at radius 2 is 1.79 bits per heavy atom. The second-order valence-corrected chi connectivity index (χ2v) is 13.2. The molecule has 0 spiro atoms. The summed E-state index contributed by atoms with van der Waals surface area (Å²) >= 11 is 5.23. The fourth-order valence-corrected chi connectivity index (χ4v) is 8.46. The van der Waals surface area contributed by atoms with Crippen molar-refractivity contribution in [2.24, 2.45) is 0 Å². The quantitative estimate of drug-likeness (QED) is 0.0859. The highest BCUT2D eigenvalue weighted by atomic mass is 32.9. The highest BCUT2D eigenvalue weighted by molar-refractivity contribution is 7.80. The Kier molecular flexibility index (Phi) is 7.05. The number of carbonyl (C=O) groups excluding carboxylic acids is 2. The van der Waals surface area contributed by atoms with Crippen LogP contribution in [0.2, 0.25) is 0 Å². The van der Waals surface area contributed by atoms with Crippen LogP contribution in [0.5, 0.6) is 5.75 Å². The summed E-state index contributed by atoms with van der Waals surface area (Å²) in [6, 6.07) is 25.7. The second kappa shape index (κ2) is 11.0. The molecule has 7 rings (SSSR count). The number of benzene rings is 3. The second-order valence-electron chi connectivity index (χ2n) is 10.3. The molecule has 3 aromatic carbocycles. The lowest BCUT2D eigenvalue weighted by Gasteiger charge is -2.46. The molecule has 2 aliphatic rings. The minimum Gasteiger partial charge on any atom is -0.490 e. The van der Waals surface area contributed by atoms with Gasteiger partial charge in [0.1, 0.15) is 35.5 Å². The summed E-state index contributed by atoms with van der Waals surface area (Å²) in [5.74, 6) is 0.382. The van der Waals surface area contributed by atoms with Gasteiger partial charge in [0.15, 0.2) is 0 Å². The first kappa shape index (κ1) is 26.9. The number of fused-ring (bicyclic) bond motifs is 6. The summed E-state index contributed by atoms with van der Waals surface area (Å²) in [7, 11) is 5.27. The zero-order valence-corrected chi connectivity index (χ0v) is 25.3. The topological polar surface area (TPSA) is 64.0 Å². The van der Waals surface area contributed by atoms with Crippen molar-refractivity contribution in [3.8, 4) is 16.2 Å². The summed E-state index contributed by atoms with van der Waals surface area (Å²) in [4.78, 5) is 31.9. The van der Waals surface area contributed by atoms with E-state index in [1.807, 2.05) is 89.3 Å². The number of rotatable bonds is 7. The number of para-hydroxylation sites is 2. The molecule has 2 aliphatic heterocycles. The predicted molar refractivity (Wildman–Crippen MR) is 169 cm³/mol. The van der Waals surface area contributed by atoms with Gasteiger partial charge in [-0.2, -0.15) is 0 Å². The molecule has 1 atom stereocenters. The van der Waals surface area contributed by atoms with Gasteiger partial charge in [-0.3, -0.25) is 9.59 Å². The molecule has 42 heavy (non-hydrogen) atoms. The van der Waals surface area contributed by atoms with Crippen LogP contribution in [0.15, 0.2) is 78.9 Å². The average Bonchev–Trinajstić information content (AvgIpc) is 3.59. The number of carbonyl (C=O) groups is 2. The molecule has 0 N–H and O–H groups in total. The average molecular weight is 614 g/mol.